The number of nitrogens with one attached hydrogen (secondary N) is 1. The van der Waals surface area contributed by atoms with Crippen LogP contribution in [0.2, 0.25) is 0 Å². The van der Waals surface area contributed by atoms with Gasteiger partial charge in [-0.3, -0.25) is 9.59 Å². The smallest absolute Gasteiger partial charge is 0.259 e. The highest BCUT2D eigenvalue weighted by atomic mass is 16.5. The summed E-state index contributed by atoms with van der Waals surface area (Å²) >= 11 is 0. The van der Waals surface area contributed by atoms with Gasteiger partial charge in [-0.25, -0.2) is 0 Å². The normalized spacial score (nSPS) is 13.6. The number of rotatable bonds is 5. The topological polar surface area (TPSA) is 106 Å². The highest BCUT2D eigenvalue weighted by molar-refractivity contribution is 5.96. The van der Waals surface area contributed by atoms with E-state index >= 15 is 0 Å². The molecule has 4 rings (SSSR count). The maximum atomic E-state index is 12.9. The third-order valence-corrected chi connectivity index (χ3v) is 5.59. The maximum Gasteiger partial charge on any atom is 0.259 e. The minimum atomic E-state index is -0.105. The number of hydrogen-bond acceptors (Lipinski definition) is 6. The lowest BCUT2D eigenvalue weighted by atomic mass is 10.1. The number of hydrogen-bond donors (Lipinski definition) is 1. The van der Waals surface area contributed by atoms with Gasteiger partial charge in [-0.2, -0.15) is 0 Å². The predicted octanol–water partition coefficient (Wildman–Crippen LogP) is 1.86. The fourth-order valence-electron chi connectivity index (χ4n) is 3.81. The van der Waals surface area contributed by atoms with Gasteiger partial charge in [-0.15, -0.1) is 10.2 Å². The Labute approximate surface area is 180 Å². The van der Waals surface area contributed by atoms with Crippen LogP contribution < -0.4 is 5.32 Å². The molecule has 2 amide bonds. The van der Waals surface area contributed by atoms with Crippen LogP contribution in [0.4, 0.5) is 0 Å². The molecule has 0 saturated heterocycles. The highest BCUT2D eigenvalue weighted by Crippen LogP contribution is 2.18. The molecule has 0 unspecified atom stereocenters. The van der Waals surface area contributed by atoms with Crippen LogP contribution in [0.25, 0.3) is 0 Å². The summed E-state index contributed by atoms with van der Waals surface area (Å²) in [6, 6.07) is 7.47. The number of amides is 2. The molecule has 0 aliphatic carbocycles. The first-order valence-corrected chi connectivity index (χ1v) is 10.4. The summed E-state index contributed by atoms with van der Waals surface area (Å²) in [6.45, 7) is 7.71. The highest BCUT2D eigenvalue weighted by Gasteiger charge is 2.26. The molecule has 162 valence electrons. The molecule has 0 spiro atoms. The van der Waals surface area contributed by atoms with Crippen molar-refractivity contribution in [1.29, 1.82) is 0 Å². The van der Waals surface area contributed by atoms with Crippen LogP contribution in [0.15, 0.2) is 28.8 Å². The van der Waals surface area contributed by atoms with E-state index in [2.05, 4.69) is 25.2 Å². The van der Waals surface area contributed by atoms with Crippen LogP contribution in [0.3, 0.4) is 0 Å². The molecule has 3 heterocycles. The van der Waals surface area contributed by atoms with Gasteiger partial charge in [0.2, 0.25) is 0 Å². The molecule has 1 aliphatic heterocycles. The second kappa shape index (κ2) is 8.71. The van der Waals surface area contributed by atoms with Crippen molar-refractivity contribution in [2.45, 2.75) is 40.2 Å². The van der Waals surface area contributed by atoms with Gasteiger partial charge in [0, 0.05) is 44.6 Å². The lowest BCUT2D eigenvalue weighted by molar-refractivity contribution is 0.0756. The van der Waals surface area contributed by atoms with Crippen molar-refractivity contribution in [3.8, 4) is 0 Å². The molecular weight excluding hydrogens is 396 g/mol. The molecule has 9 heteroatoms. The SMILES string of the molecule is Cc1ccc(C(=O)NCCc2nnc3n2CCN(C(=O)c2c(C)noc2C)CC3)cc1. The van der Waals surface area contributed by atoms with E-state index in [1.54, 1.807) is 13.8 Å². The Morgan fingerprint density at radius 3 is 2.55 bits per heavy atom. The Kier molecular flexibility index (Phi) is 5.83. The number of carbonyl (C=O) groups excluding carboxylic acids is 2. The molecule has 3 aromatic rings. The van der Waals surface area contributed by atoms with Gasteiger partial charge < -0.3 is 19.3 Å². The standard InChI is InChI=1S/C22H26N6O3/c1-14-4-6-17(7-5-14)21(29)23-10-8-18-24-25-19-9-11-27(12-13-28(18)19)22(30)20-15(2)26-31-16(20)3/h4-7H,8-13H2,1-3H3,(H,23,29). The summed E-state index contributed by atoms with van der Waals surface area (Å²) in [6.07, 6.45) is 1.19. The second-order valence-corrected chi connectivity index (χ2v) is 7.80. The zero-order valence-corrected chi connectivity index (χ0v) is 18.0. The average Bonchev–Trinajstić information content (AvgIpc) is 3.22. The molecule has 0 saturated carbocycles. The van der Waals surface area contributed by atoms with E-state index in [9.17, 15) is 9.59 Å². The molecule has 0 fully saturated rings. The monoisotopic (exact) mass is 422 g/mol. The molecule has 1 N–H and O–H groups in total. The van der Waals surface area contributed by atoms with Crippen LogP contribution in [0.5, 0.6) is 0 Å². The largest absolute Gasteiger partial charge is 0.361 e. The summed E-state index contributed by atoms with van der Waals surface area (Å²) in [7, 11) is 0. The van der Waals surface area contributed by atoms with E-state index in [4.69, 9.17) is 4.52 Å². The van der Waals surface area contributed by atoms with E-state index in [0.717, 1.165) is 17.2 Å². The van der Waals surface area contributed by atoms with Crippen LogP contribution in [-0.2, 0) is 19.4 Å². The van der Waals surface area contributed by atoms with E-state index < -0.39 is 0 Å². The van der Waals surface area contributed by atoms with Crippen molar-refractivity contribution in [1.82, 2.24) is 30.1 Å². The molecule has 31 heavy (non-hydrogen) atoms. The summed E-state index contributed by atoms with van der Waals surface area (Å²) in [5, 5.41) is 15.4. The van der Waals surface area contributed by atoms with Crippen molar-refractivity contribution >= 4 is 11.8 Å². The molecule has 1 aliphatic rings. The quantitative estimate of drug-likeness (QED) is 0.673. The Balaban J connectivity index is 1.36. The third-order valence-electron chi connectivity index (χ3n) is 5.59. The summed E-state index contributed by atoms with van der Waals surface area (Å²) in [4.78, 5) is 27.1. The van der Waals surface area contributed by atoms with E-state index in [1.807, 2.05) is 36.1 Å². The molecule has 1 aromatic carbocycles. The molecule has 0 bridgehead atoms. The zero-order valence-electron chi connectivity index (χ0n) is 18.0. The Bertz CT molecular complexity index is 1080. The minimum Gasteiger partial charge on any atom is -0.361 e. The van der Waals surface area contributed by atoms with Gasteiger partial charge in [0.1, 0.15) is 23.0 Å². The Hall–Kier alpha value is -3.49. The first kappa shape index (κ1) is 20.8. The van der Waals surface area contributed by atoms with Crippen molar-refractivity contribution in [3.05, 3.63) is 64.1 Å². The molecular formula is C22H26N6O3. The predicted molar refractivity (Wildman–Crippen MR) is 113 cm³/mol. The van der Waals surface area contributed by atoms with Crippen LogP contribution in [-0.4, -0.2) is 56.3 Å². The zero-order chi connectivity index (χ0) is 22.0. The van der Waals surface area contributed by atoms with E-state index in [-0.39, 0.29) is 11.8 Å². The summed E-state index contributed by atoms with van der Waals surface area (Å²) in [5.41, 5.74) is 2.90. The van der Waals surface area contributed by atoms with Gasteiger partial charge in [0.15, 0.2) is 0 Å². The first-order valence-electron chi connectivity index (χ1n) is 10.4. The lowest BCUT2D eigenvalue weighted by Gasteiger charge is -2.20. The lowest BCUT2D eigenvalue weighted by Crippen LogP contribution is -2.34. The fraction of sp³-hybridized carbons (Fsp3) is 0.409. The number of aryl methyl sites for hydroxylation is 3. The first-order chi connectivity index (χ1) is 14.9. The van der Waals surface area contributed by atoms with Crippen molar-refractivity contribution in [2.75, 3.05) is 19.6 Å². The number of carbonyl (C=O) groups is 2. The van der Waals surface area contributed by atoms with Gasteiger partial charge in [0.25, 0.3) is 11.8 Å². The number of fused-ring (bicyclic) bond motifs is 1. The Morgan fingerprint density at radius 2 is 1.84 bits per heavy atom. The second-order valence-electron chi connectivity index (χ2n) is 7.80. The van der Waals surface area contributed by atoms with Gasteiger partial charge in [-0.05, 0) is 32.9 Å². The van der Waals surface area contributed by atoms with Crippen molar-refractivity contribution in [3.63, 3.8) is 0 Å². The van der Waals surface area contributed by atoms with Gasteiger partial charge in [-0.1, -0.05) is 22.9 Å². The van der Waals surface area contributed by atoms with Crippen LogP contribution >= 0.6 is 0 Å². The summed E-state index contributed by atoms with van der Waals surface area (Å²) in [5.74, 6) is 2.03. The molecule has 0 atom stereocenters. The fourth-order valence-corrected chi connectivity index (χ4v) is 3.81. The minimum absolute atomic E-state index is 0.0677. The van der Waals surface area contributed by atoms with Crippen LogP contribution in [0, 0.1) is 20.8 Å². The maximum absolute atomic E-state index is 12.9. The third kappa shape index (κ3) is 4.35. The molecule has 0 radical (unpaired) electrons. The average molecular weight is 422 g/mol. The van der Waals surface area contributed by atoms with Gasteiger partial charge >= 0.3 is 0 Å². The Morgan fingerprint density at radius 1 is 1.06 bits per heavy atom. The van der Waals surface area contributed by atoms with Crippen molar-refractivity contribution < 1.29 is 14.1 Å². The summed E-state index contributed by atoms with van der Waals surface area (Å²) < 4.78 is 7.20. The van der Waals surface area contributed by atoms with E-state index in [0.29, 0.717) is 61.6 Å². The number of aromatic nitrogens is 4. The van der Waals surface area contributed by atoms with Crippen molar-refractivity contribution in [2.24, 2.45) is 0 Å². The van der Waals surface area contributed by atoms with Crippen LogP contribution in [0.1, 0.15) is 49.4 Å². The number of benzene rings is 1. The van der Waals surface area contributed by atoms with Gasteiger partial charge in [0.05, 0.1) is 5.69 Å². The number of nitrogens with zero attached hydrogens (tertiary/aromatic N) is 5. The molecule has 9 nitrogen and oxygen atoms in total. The molecule has 2 aromatic heterocycles. The van der Waals surface area contributed by atoms with E-state index in [1.165, 1.54) is 0 Å².